The average Bonchev–Trinajstić information content (AvgIpc) is 2.88. The zero-order valence-corrected chi connectivity index (χ0v) is 21.9. The highest BCUT2D eigenvalue weighted by molar-refractivity contribution is 5.30. The van der Waals surface area contributed by atoms with Crippen molar-refractivity contribution in [1.82, 2.24) is 0 Å². The van der Waals surface area contributed by atoms with Crippen molar-refractivity contribution in [2.24, 2.45) is 17.8 Å². The third kappa shape index (κ3) is 8.01. The molecule has 0 atom stereocenters. The molecule has 7 heteroatoms. The minimum absolute atomic E-state index is 0.0777. The van der Waals surface area contributed by atoms with Crippen molar-refractivity contribution in [2.45, 2.75) is 108 Å². The van der Waals surface area contributed by atoms with Gasteiger partial charge in [0.25, 0.3) is 0 Å². The van der Waals surface area contributed by atoms with Crippen LogP contribution in [0.25, 0.3) is 0 Å². The zero-order chi connectivity index (χ0) is 26.4. The second kappa shape index (κ2) is 13.1. The Kier molecular flexibility index (Phi) is 10.1. The van der Waals surface area contributed by atoms with Crippen LogP contribution in [0, 0.1) is 23.6 Å². The Bertz CT molecular complexity index is 874. The summed E-state index contributed by atoms with van der Waals surface area (Å²) < 4.78 is 78.5. The number of halogens is 5. The molecular formula is C30H41F5O2. The van der Waals surface area contributed by atoms with E-state index in [1.54, 1.807) is 6.07 Å². The Morgan fingerprint density at radius 3 is 2.16 bits per heavy atom. The molecule has 1 aliphatic heterocycles. The molecule has 0 unspecified atom stereocenters. The van der Waals surface area contributed by atoms with E-state index in [1.165, 1.54) is 25.7 Å². The van der Waals surface area contributed by atoms with Crippen molar-refractivity contribution in [3.8, 4) is 0 Å². The first kappa shape index (κ1) is 28.5. The number of alkyl halides is 3. The number of ether oxygens (including phenoxy) is 2. The van der Waals surface area contributed by atoms with Crippen LogP contribution < -0.4 is 0 Å². The van der Waals surface area contributed by atoms with Gasteiger partial charge in [0, 0.05) is 17.8 Å². The van der Waals surface area contributed by atoms with Crippen LogP contribution in [0.3, 0.4) is 0 Å². The molecule has 1 heterocycles. The fourth-order valence-corrected chi connectivity index (χ4v) is 6.49. The van der Waals surface area contributed by atoms with E-state index < -0.39 is 17.9 Å². The number of allylic oxidation sites excluding steroid dienone is 2. The standard InChI is InChI=1S/C30H41F5O2/c1-2-3-4-5-20-18-36-29(37-19-20)24-12-6-21(7-13-24)25-14-15-26(27(31)16-25)22-8-10-23(11-9-22)28(32)17-30(33,34)35/h14-17,20-24,29H,2-13,18-19H2,1H3/b28-17-. The van der Waals surface area contributed by atoms with Gasteiger partial charge in [0.1, 0.15) is 11.6 Å². The topological polar surface area (TPSA) is 18.5 Å². The number of unbranched alkanes of at least 4 members (excludes halogenated alkanes) is 2. The van der Waals surface area contributed by atoms with Gasteiger partial charge in [-0.3, -0.25) is 0 Å². The van der Waals surface area contributed by atoms with Crippen LogP contribution >= 0.6 is 0 Å². The van der Waals surface area contributed by atoms with Gasteiger partial charge in [-0.1, -0.05) is 38.3 Å². The van der Waals surface area contributed by atoms with Gasteiger partial charge in [0.2, 0.25) is 0 Å². The summed E-state index contributed by atoms with van der Waals surface area (Å²) in [5.74, 6) is -0.950. The molecule has 0 spiro atoms. The zero-order valence-electron chi connectivity index (χ0n) is 21.9. The molecule has 0 radical (unpaired) electrons. The lowest BCUT2D eigenvalue weighted by molar-refractivity contribution is -0.229. The molecule has 0 bridgehead atoms. The normalized spacial score (nSPS) is 31.9. The lowest BCUT2D eigenvalue weighted by Gasteiger charge is -2.38. The molecule has 3 fully saturated rings. The van der Waals surface area contributed by atoms with Crippen molar-refractivity contribution in [2.75, 3.05) is 13.2 Å². The second-order valence-electron chi connectivity index (χ2n) is 11.4. The van der Waals surface area contributed by atoms with Gasteiger partial charge in [-0.15, -0.1) is 0 Å². The Morgan fingerprint density at radius 2 is 1.57 bits per heavy atom. The molecule has 37 heavy (non-hydrogen) atoms. The van der Waals surface area contributed by atoms with Crippen LogP contribution in [-0.4, -0.2) is 25.7 Å². The quantitative estimate of drug-likeness (QED) is 0.247. The van der Waals surface area contributed by atoms with Crippen molar-refractivity contribution in [1.29, 1.82) is 0 Å². The SMILES string of the molecule is CCCCCC1COC(C2CCC(c3ccc(C4CCC(/C(F)=C/C(F)(F)F)CC4)c(F)c3)CC2)OC1. The number of rotatable bonds is 8. The van der Waals surface area contributed by atoms with Crippen LogP contribution in [0.5, 0.6) is 0 Å². The monoisotopic (exact) mass is 528 g/mol. The Labute approximate surface area is 218 Å². The molecule has 1 saturated heterocycles. The van der Waals surface area contributed by atoms with E-state index in [0.29, 0.717) is 49.0 Å². The third-order valence-electron chi connectivity index (χ3n) is 8.72. The van der Waals surface area contributed by atoms with E-state index in [4.69, 9.17) is 9.47 Å². The number of benzene rings is 1. The van der Waals surface area contributed by atoms with Gasteiger partial charge in [-0.25, -0.2) is 8.78 Å². The summed E-state index contributed by atoms with van der Waals surface area (Å²) in [7, 11) is 0. The minimum Gasteiger partial charge on any atom is -0.352 e. The highest BCUT2D eigenvalue weighted by Gasteiger charge is 2.34. The van der Waals surface area contributed by atoms with Crippen molar-refractivity contribution < 1.29 is 31.4 Å². The molecule has 2 saturated carbocycles. The maximum absolute atomic E-state index is 15.1. The van der Waals surface area contributed by atoms with Crippen molar-refractivity contribution in [3.63, 3.8) is 0 Å². The molecule has 2 nitrogen and oxygen atoms in total. The van der Waals surface area contributed by atoms with E-state index in [1.807, 2.05) is 12.1 Å². The molecule has 0 amide bonds. The molecule has 1 aromatic carbocycles. The molecule has 4 rings (SSSR count). The van der Waals surface area contributed by atoms with Crippen LogP contribution in [0.1, 0.15) is 107 Å². The molecular weight excluding hydrogens is 487 g/mol. The smallest absolute Gasteiger partial charge is 0.352 e. The summed E-state index contributed by atoms with van der Waals surface area (Å²) in [4.78, 5) is 0. The summed E-state index contributed by atoms with van der Waals surface area (Å²) in [5, 5.41) is 0. The third-order valence-corrected chi connectivity index (χ3v) is 8.72. The maximum atomic E-state index is 15.1. The molecule has 1 aromatic rings. The molecule has 3 aliphatic rings. The molecule has 0 N–H and O–H groups in total. The van der Waals surface area contributed by atoms with E-state index in [0.717, 1.165) is 44.5 Å². The number of hydrogen-bond donors (Lipinski definition) is 0. The van der Waals surface area contributed by atoms with Crippen LogP contribution in [0.2, 0.25) is 0 Å². The molecule has 2 aliphatic carbocycles. The van der Waals surface area contributed by atoms with E-state index in [2.05, 4.69) is 6.92 Å². The average molecular weight is 529 g/mol. The summed E-state index contributed by atoms with van der Waals surface area (Å²) in [6, 6.07) is 5.49. The van der Waals surface area contributed by atoms with Crippen LogP contribution in [0.15, 0.2) is 30.1 Å². The summed E-state index contributed by atoms with van der Waals surface area (Å²) in [6.45, 7) is 3.78. The molecule has 208 valence electrons. The van der Waals surface area contributed by atoms with E-state index >= 15 is 4.39 Å². The van der Waals surface area contributed by atoms with Gasteiger partial charge in [0.15, 0.2) is 6.29 Å². The predicted octanol–water partition coefficient (Wildman–Crippen LogP) is 9.36. The van der Waals surface area contributed by atoms with Gasteiger partial charge < -0.3 is 9.47 Å². The molecule has 0 aromatic heterocycles. The fourth-order valence-electron chi connectivity index (χ4n) is 6.49. The lowest BCUT2D eigenvalue weighted by atomic mass is 9.76. The lowest BCUT2D eigenvalue weighted by Crippen LogP contribution is -2.38. The van der Waals surface area contributed by atoms with E-state index in [-0.39, 0.29) is 24.1 Å². The van der Waals surface area contributed by atoms with E-state index in [9.17, 15) is 17.6 Å². The highest BCUT2D eigenvalue weighted by atomic mass is 19.4. The van der Waals surface area contributed by atoms with Crippen LogP contribution in [0.4, 0.5) is 22.0 Å². The largest absolute Gasteiger partial charge is 0.412 e. The van der Waals surface area contributed by atoms with Crippen LogP contribution in [-0.2, 0) is 9.47 Å². The van der Waals surface area contributed by atoms with Gasteiger partial charge >= 0.3 is 6.18 Å². The van der Waals surface area contributed by atoms with Crippen molar-refractivity contribution in [3.05, 3.63) is 47.0 Å². The highest BCUT2D eigenvalue weighted by Crippen LogP contribution is 2.43. The summed E-state index contributed by atoms with van der Waals surface area (Å²) in [5.41, 5.74) is 1.61. The Balaban J connectivity index is 1.24. The second-order valence-corrected chi connectivity index (χ2v) is 11.4. The summed E-state index contributed by atoms with van der Waals surface area (Å²) in [6.07, 6.45) is 5.43. The Morgan fingerprint density at radius 1 is 0.919 bits per heavy atom. The minimum atomic E-state index is -4.64. The van der Waals surface area contributed by atoms with Gasteiger partial charge in [-0.05, 0) is 86.8 Å². The van der Waals surface area contributed by atoms with Gasteiger partial charge in [-0.2, -0.15) is 13.2 Å². The first-order valence-electron chi connectivity index (χ1n) is 14.2. The summed E-state index contributed by atoms with van der Waals surface area (Å²) >= 11 is 0. The first-order valence-corrected chi connectivity index (χ1v) is 14.2. The van der Waals surface area contributed by atoms with Crippen molar-refractivity contribution >= 4 is 0 Å². The maximum Gasteiger partial charge on any atom is 0.412 e. The van der Waals surface area contributed by atoms with Gasteiger partial charge in [0.05, 0.1) is 19.3 Å². The Hall–Kier alpha value is -1.47. The predicted molar refractivity (Wildman–Crippen MR) is 134 cm³/mol. The fraction of sp³-hybridized carbons (Fsp3) is 0.733. The first-order chi connectivity index (χ1) is 17.7. The number of hydrogen-bond acceptors (Lipinski definition) is 2.